The van der Waals surface area contributed by atoms with Crippen LogP contribution in [0.4, 0.5) is 4.39 Å². The Bertz CT molecular complexity index is 896. The highest BCUT2D eigenvalue weighted by molar-refractivity contribution is 5.94. The van der Waals surface area contributed by atoms with Crippen molar-refractivity contribution in [2.45, 2.75) is 18.9 Å². The number of fused-ring (bicyclic) bond motifs is 1. The van der Waals surface area contributed by atoms with E-state index in [0.29, 0.717) is 31.1 Å². The number of piperidine rings is 1. The van der Waals surface area contributed by atoms with Crippen LogP contribution in [0.5, 0.6) is 11.5 Å². The van der Waals surface area contributed by atoms with Gasteiger partial charge in [0.15, 0.2) is 11.5 Å². The summed E-state index contributed by atoms with van der Waals surface area (Å²) in [6.07, 6.45) is 0.837. The number of hydrogen-bond acceptors (Lipinski definition) is 4. The number of halogens is 1. The first kappa shape index (κ1) is 19.2. The third-order valence-electron chi connectivity index (χ3n) is 5.37. The van der Waals surface area contributed by atoms with Gasteiger partial charge in [0.25, 0.3) is 11.8 Å². The van der Waals surface area contributed by atoms with Gasteiger partial charge in [-0.15, -0.1) is 0 Å². The quantitative estimate of drug-likeness (QED) is 0.860. The first-order valence-electron chi connectivity index (χ1n) is 9.82. The summed E-state index contributed by atoms with van der Waals surface area (Å²) in [6, 6.07) is 13.3. The highest BCUT2D eigenvalue weighted by Crippen LogP contribution is 2.31. The summed E-state index contributed by atoms with van der Waals surface area (Å²) in [5, 5.41) is 2.93. The van der Waals surface area contributed by atoms with E-state index in [0.717, 1.165) is 12.8 Å². The van der Waals surface area contributed by atoms with Crippen molar-refractivity contribution in [1.29, 1.82) is 0 Å². The van der Waals surface area contributed by atoms with Gasteiger partial charge in [-0.05, 0) is 43.0 Å². The number of nitrogens with zero attached hydrogens (tertiary/aromatic N) is 1. The Balaban J connectivity index is 1.24. The zero-order valence-corrected chi connectivity index (χ0v) is 16.0. The van der Waals surface area contributed by atoms with Crippen LogP contribution in [0.3, 0.4) is 0 Å². The van der Waals surface area contributed by atoms with E-state index in [2.05, 4.69) is 5.32 Å². The topological polar surface area (TPSA) is 67.9 Å². The lowest BCUT2D eigenvalue weighted by Crippen LogP contribution is -2.47. The summed E-state index contributed by atoms with van der Waals surface area (Å²) in [4.78, 5) is 26.6. The van der Waals surface area contributed by atoms with E-state index in [1.165, 1.54) is 12.1 Å². The lowest BCUT2D eigenvalue weighted by Gasteiger charge is -2.32. The molecule has 0 spiro atoms. The van der Waals surface area contributed by atoms with Gasteiger partial charge in [-0.3, -0.25) is 9.59 Å². The maximum Gasteiger partial charge on any atom is 0.264 e. The fourth-order valence-electron chi connectivity index (χ4n) is 3.65. The molecule has 2 aromatic carbocycles. The maximum atomic E-state index is 13.8. The third-order valence-corrected chi connectivity index (χ3v) is 5.37. The summed E-state index contributed by atoms with van der Waals surface area (Å²) >= 11 is 0. The minimum Gasteiger partial charge on any atom is -0.485 e. The molecule has 152 valence electrons. The van der Waals surface area contributed by atoms with Crippen molar-refractivity contribution in [3.63, 3.8) is 0 Å². The Hall–Kier alpha value is -3.09. The molecule has 2 aliphatic heterocycles. The smallest absolute Gasteiger partial charge is 0.264 e. The van der Waals surface area contributed by atoms with Crippen LogP contribution >= 0.6 is 0 Å². The van der Waals surface area contributed by atoms with E-state index in [-0.39, 0.29) is 29.9 Å². The van der Waals surface area contributed by atoms with Crippen LogP contribution in [0.25, 0.3) is 0 Å². The Morgan fingerprint density at radius 1 is 1.03 bits per heavy atom. The van der Waals surface area contributed by atoms with Gasteiger partial charge >= 0.3 is 0 Å². The molecule has 2 aromatic rings. The van der Waals surface area contributed by atoms with Gasteiger partial charge in [-0.25, -0.2) is 4.39 Å². The van der Waals surface area contributed by atoms with Crippen molar-refractivity contribution in [2.24, 2.45) is 5.92 Å². The molecule has 1 saturated heterocycles. The normalized spacial score (nSPS) is 18.9. The molecule has 29 heavy (non-hydrogen) atoms. The van der Waals surface area contributed by atoms with Crippen molar-refractivity contribution in [1.82, 2.24) is 10.2 Å². The van der Waals surface area contributed by atoms with Gasteiger partial charge in [-0.1, -0.05) is 24.3 Å². The Morgan fingerprint density at radius 3 is 2.48 bits per heavy atom. The average molecular weight is 398 g/mol. The van der Waals surface area contributed by atoms with Crippen LogP contribution in [0.2, 0.25) is 0 Å². The molecule has 0 saturated carbocycles. The van der Waals surface area contributed by atoms with Crippen molar-refractivity contribution in [3.05, 3.63) is 59.9 Å². The van der Waals surface area contributed by atoms with E-state index in [4.69, 9.17) is 9.47 Å². The molecule has 2 amide bonds. The molecule has 6 nitrogen and oxygen atoms in total. The van der Waals surface area contributed by atoms with Crippen molar-refractivity contribution >= 4 is 11.8 Å². The Kier molecular flexibility index (Phi) is 5.64. The standard InChI is InChI=1S/C22H23FN2O4/c23-17-6-2-1-5-16(17)22(27)25-11-9-15(10-12-25)13-24-21(26)20-14-28-18-7-3-4-8-19(18)29-20/h1-8,15,20H,9-14H2,(H,24,26). The molecule has 0 bridgehead atoms. The molecule has 7 heteroatoms. The number of benzene rings is 2. The SMILES string of the molecule is O=C(NCC1CCN(C(=O)c2ccccc2F)CC1)C1COc2ccccc2O1. The molecule has 2 aliphatic rings. The van der Waals surface area contributed by atoms with E-state index >= 15 is 0 Å². The van der Waals surface area contributed by atoms with Crippen LogP contribution in [-0.4, -0.2) is 49.1 Å². The van der Waals surface area contributed by atoms with E-state index in [9.17, 15) is 14.0 Å². The summed E-state index contributed by atoms with van der Waals surface area (Å²) < 4.78 is 25.1. The summed E-state index contributed by atoms with van der Waals surface area (Å²) in [5.74, 6) is 0.493. The number of carbonyl (C=O) groups is 2. The minimum absolute atomic E-state index is 0.106. The second kappa shape index (κ2) is 8.51. The molecular formula is C22H23FN2O4. The van der Waals surface area contributed by atoms with Crippen molar-refractivity contribution in [2.75, 3.05) is 26.2 Å². The van der Waals surface area contributed by atoms with Crippen molar-refractivity contribution in [3.8, 4) is 11.5 Å². The van der Waals surface area contributed by atoms with Gasteiger partial charge in [0.2, 0.25) is 6.10 Å². The second-order valence-corrected chi connectivity index (χ2v) is 7.32. The van der Waals surface area contributed by atoms with Crippen molar-refractivity contribution < 1.29 is 23.5 Å². The van der Waals surface area contributed by atoms with Gasteiger partial charge in [-0.2, -0.15) is 0 Å². The third kappa shape index (κ3) is 4.34. The van der Waals surface area contributed by atoms with Gasteiger partial charge < -0.3 is 19.7 Å². The molecule has 0 radical (unpaired) electrons. The summed E-state index contributed by atoms with van der Waals surface area (Å²) in [6.45, 7) is 1.79. The number of rotatable bonds is 4. The number of nitrogens with one attached hydrogen (secondary N) is 1. The molecule has 0 aromatic heterocycles. The summed E-state index contributed by atoms with van der Waals surface area (Å²) in [7, 11) is 0. The number of hydrogen-bond donors (Lipinski definition) is 1. The molecule has 0 aliphatic carbocycles. The van der Waals surface area contributed by atoms with Crippen LogP contribution in [0.15, 0.2) is 48.5 Å². The number of ether oxygens (including phenoxy) is 2. The zero-order valence-electron chi connectivity index (χ0n) is 16.0. The van der Waals surface area contributed by atoms with Gasteiger partial charge in [0.05, 0.1) is 5.56 Å². The molecule has 1 fully saturated rings. The first-order chi connectivity index (χ1) is 14.1. The highest BCUT2D eigenvalue weighted by Gasteiger charge is 2.29. The lowest BCUT2D eigenvalue weighted by molar-refractivity contribution is -0.130. The molecule has 1 unspecified atom stereocenters. The second-order valence-electron chi connectivity index (χ2n) is 7.32. The maximum absolute atomic E-state index is 13.8. The van der Waals surface area contributed by atoms with Crippen LogP contribution in [0.1, 0.15) is 23.2 Å². The van der Waals surface area contributed by atoms with E-state index < -0.39 is 11.9 Å². The number of amides is 2. The predicted molar refractivity (Wildman–Crippen MR) is 104 cm³/mol. The van der Waals surface area contributed by atoms with Gasteiger partial charge in [0, 0.05) is 19.6 Å². The highest BCUT2D eigenvalue weighted by atomic mass is 19.1. The average Bonchev–Trinajstić information content (AvgIpc) is 2.77. The first-order valence-corrected chi connectivity index (χ1v) is 9.82. The molecule has 1 atom stereocenters. The fourth-order valence-corrected chi connectivity index (χ4v) is 3.65. The van der Waals surface area contributed by atoms with Crippen LogP contribution in [0, 0.1) is 11.7 Å². The number of likely N-dealkylation sites (tertiary alicyclic amines) is 1. The van der Waals surface area contributed by atoms with Gasteiger partial charge in [0.1, 0.15) is 12.4 Å². The van der Waals surface area contributed by atoms with E-state index in [1.54, 1.807) is 29.2 Å². The predicted octanol–water partition coefficient (Wildman–Crippen LogP) is 2.63. The van der Waals surface area contributed by atoms with Crippen LogP contribution < -0.4 is 14.8 Å². The molecule has 2 heterocycles. The fraction of sp³-hybridized carbons (Fsp3) is 0.364. The number of para-hydroxylation sites is 2. The van der Waals surface area contributed by atoms with E-state index in [1.807, 2.05) is 12.1 Å². The monoisotopic (exact) mass is 398 g/mol. The molecular weight excluding hydrogens is 375 g/mol. The lowest BCUT2D eigenvalue weighted by atomic mass is 9.96. The summed E-state index contributed by atoms with van der Waals surface area (Å²) in [5.41, 5.74) is 0.106. The molecule has 1 N–H and O–H groups in total. The largest absolute Gasteiger partial charge is 0.485 e. The zero-order chi connectivity index (χ0) is 20.2. The minimum atomic E-state index is -0.673. The number of carbonyl (C=O) groups excluding carboxylic acids is 2. The van der Waals surface area contributed by atoms with Crippen LogP contribution in [-0.2, 0) is 4.79 Å². The Labute approximate surface area is 168 Å². The Morgan fingerprint density at radius 2 is 1.72 bits per heavy atom. The molecule has 4 rings (SSSR count).